The van der Waals surface area contributed by atoms with Gasteiger partial charge in [0.1, 0.15) is 11.8 Å². The molecule has 144 valence electrons. The lowest BCUT2D eigenvalue weighted by molar-refractivity contribution is -0.135. The molecule has 4 rings (SSSR count). The third-order valence-corrected chi connectivity index (χ3v) is 6.00. The summed E-state index contributed by atoms with van der Waals surface area (Å²) in [6.45, 7) is 4.63. The molecule has 2 aromatic rings. The summed E-state index contributed by atoms with van der Waals surface area (Å²) >= 11 is 1.64. The molecule has 0 aromatic carbocycles. The van der Waals surface area contributed by atoms with E-state index in [2.05, 4.69) is 14.9 Å². The minimum Gasteiger partial charge on any atom is -0.467 e. The van der Waals surface area contributed by atoms with Crippen molar-refractivity contribution in [2.45, 2.75) is 12.5 Å². The smallest absolute Gasteiger partial charge is 0.257 e. The number of hydrogen-bond donors (Lipinski definition) is 1. The highest BCUT2D eigenvalue weighted by Crippen LogP contribution is 2.34. The number of aliphatic hydroxyl groups excluding tert-OH is 1. The molecule has 1 fully saturated rings. The van der Waals surface area contributed by atoms with E-state index in [0.29, 0.717) is 19.5 Å². The van der Waals surface area contributed by atoms with Gasteiger partial charge in [-0.3, -0.25) is 14.6 Å². The molecule has 1 unspecified atom stereocenters. The van der Waals surface area contributed by atoms with Gasteiger partial charge in [0.15, 0.2) is 0 Å². The number of amides is 1. The monoisotopic (exact) mass is 388 g/mol. The van der Waals surface area contributed by atoms with Gasteiger partial charge in [-0.1, -0.05) is 6.07 Å². The Bertz CT molecular complexity index is 767. The van der Waals surface area contributed by atoms with Gasteiger partial charge in [-0.05, 0) is 23.6 Å². The van der Waals surface area contributed by atoms with E-state index in [0.717, 1.165) is 42.5 Å². The van der Waals surface area contributed by atoms with Gasteiger partial charge in [-0.25, -0.2) is 5.01 Å². The molecule has 7 nitrogen and oxygen atoms in total. The molecule has 4 heterocycles. The summed E-state index contributed by atoms with van der Waals surface area (Å²) in [5, 5.41) is 17.3. The Labute approximate surface area is 162 Å². The van der Waals surface area contributed by atoms with Crippen molar-refractivity contribution in [1.29, 1.82) is 0 Å². The maximum atomic E-state index is 13.0. The lowest BCUT2D eigenvalue weighted by Gasteiger charge is -2.34. The Kier molecular flexibility index (Phi) is 5.68. The van der Waals surface area contributed by atoms with Crippen LogP contribution in [0.5, 0.6) is 0 Å². The fourth-order valence-electron chi connectivity index (χ4n) is 3.61. The largest absolute Gasteiger partial charge is 0.467 e. The molecule has 1 atom stereocenters. The number of nitrogens with zero attached hydrogens (tertiary/aromatic N) is 4. The Morgan fingerprint density at radius 2 is 2.04 bits per heavy atom. The summed E-state index contributed by atoms with van der Waals surface area (Å²) < 4.78 is 5.59. The van der Waals surface area contributed by atoms with Crippen LogP contribution in [0.2, 0.25) is 0 Å². The van der Waals surface area contributed by atoms with Gasteiger partial charge in [0.05, 0.1) is 30.0 Å². The van der Waals surface area contributed by atoms with Crippen molar-refractivity contribution in [2.75, 3.05) is 45.9 Å². The molecule has 2 aliphatic rings. The summed E-state index contributed by atoms with van der Waals surface area (Å²) in [7, 11) is 0. The topological polar surface area (TPSA) is 72.5 Å². The van der Waals surface area contributed by atoms with Gasteiger partial charge in [0.2, 0.25) is 0 Å². The third-order valence-electron chi connectivity index (χ3n) is 5.08. The average Bonchev–Trinajstić information content (AvgIpc) is 3.43. The van der Waals surface area contributed by atoms with Crippen LogP contribution in [0.4, 0.5) is 0 Å². The molecule has 1 N–H and O–H groups in total. The summed E-state index contributed by atoms with van der Waals surface area (Å²) in [5.41, 5.74) is 0.938. The van der Waals surface area contributed by atoms with Crippen molar-refractivity contribution >= 4 is 23.0 Å². The maximum absolute atomic E-state index is 13.0. The normalized spacial score (nSPS) is 21.6. The second kappa shape index (κ2) is 8.35. The second-order valence-electron chi connectivity index (χ2n) is 6.84. The number of carbonyl (C=O) groups is 1. The number of hydrazone groups is 1. The maximum Gasteiger partial charge on any atom is 0.257 e. The van der Waals surface area contributed by atoms with Gasteiger partial charge in [0, 0.05) is 39.1 Å². The SMILES string of the molecule is O=C(CN1CCN(CCO)CC1)N1N=C(c2cccs2)CC1c1ccco1. The van der Waals surface area contributed by atoms with Crippen molar-refractivity contribution in [3.8, 4) is 0 Å². The number of rotatable bonds is 6. The first-order valence-electron chi connectivity index (χ1n) is 9.27. The highest BCUT2D eigenvalue weighted by atomic mass is 32.1. The number of carbonyl (C=O) groups excluding carboxylic acids is 1. The Hall–Kier alpha value is -2.00. The zero-order valence-corrected chi connectivity index (χ0v) is 16.0. The van der Waals surface area contributed by atoms with Crippen LogP contribution in [0, 0.1) is 0 Å². The fourth-order valence-corrected chi connectivity index (χ4v) is 4.33. The van der Waals surface area contributed by atoms with Gasteiger partial charge in [-0.2, -0.15) is 5.10 Å². The van der Waals surface area contributed by atoms with Crippen LogP contribution in [0.1, 0.15) is 23.1 Å². The molecule has 2 aliphatic heterocycles. The Morgan fingerprint density at radius 1 is 1.22 bits per heavy atom. The molecule has 27 heavy (non-hydrogen) atoms. The lowest BCUT2D eigenvalue weighted by atomic mass is 10.1. The van der Waals surface area contributed by atoms with E-state index in [1.165, 1.54) is 0 Å². The molecular formula is C19H24N4O3S. The van der Waals surface area contributed by atoms with Gasteiger partial charge in [0.25, 0.3) is 5.91 Å². The molecular weight excluding hydrogens is 364 g/mol. The second-order valence-corrected chi connectivity index (χ2v) is 7.79. The minimum absolute atomic E-state index is 0.00133. The third kappa shape index (κ3) is 4.14. The average molecular weight is 388 g/mol. The van der Waals surface area contributed by atoms with Crippen molar-refractivity contribution in [3.05, 3.63) is 46.5 Å². The standard InChI is InChI=1S/C19H24N4O3S/c24-10-9-21-5-7-22(8-6-21)14-19(25)23-16(17-3-1-11-26-17)13-15(20-23)18-4-2-12-27-18/h1-4,11-12,16,24H,5-10,13-14H2. The molecule has 0 radical (unpaired) electrons. The van der Waals surface area contributed by atoms with Gasteiger partial charge < -0.3 is 9.52 Å². The van der Waals surface area contributed by atoms with E-state index in [-0.39, 0.29) is 18.6 Å². The Balaban J connectivity index is 1.45. The molecule has 0 bridgehead atoms. The first-order chi connectivity index (χ1) is 13.2. The van der Waals surface area contributed by atoms with E-state index in [1.54, 1.807) is 22.6 Å². The van der Waals surface area contributed by atoms with Crippen molar-refractivity contribution in [1.82, 2.24) is 14.8 Å². The van der Waals surface area contributed by atoms with Crippen LogP contribution >= 0.6 is 11.3 Å². The molecule has 1 amide bonds. The quantitative estimate of drug-likeness (QED) is 0.814. The predicted octanol–water partition coefficient (Wildman–Crippen LogP) is 1.63. The van der Waals surface area contributed by atoms with E-state index >= 15 is 0 Å². The molecule has 0 aliphatic carbocycles. The molecule has 0 saturated carbocycles. The number of aliphatic hydroxyl groups is 1. The number of hydrogen-bond acceptors (Lipinski definition) is 7. The van der Waals surface area contributed by atoms with Gasteiger partial charge in [-0.15, -0.1) is 11.3 Å². The minimum atomic E-state index is -0.180. The van der Waals surface area contributed by atoms with Crippen LogP contribution in [-0.4, -0.2) is 77.4 Å². The van der Waals surface area contributed by atoms with Crippen LogP contribution in [-0.2, 0) is 4.79 Å². The summed E-state index contributed by atoms with van der Waals surface area (Å²) in [6, 6.07) is 7.62. The highest BCUT2D eigenvalue weighted by molar-refractivity contribution is 7.12. The van der Waals surface area contributed by atoms with Crippen LogP contribution in [0.25, 0.3) is 0 Å². The predicted molar refractivity (Wildman–Crippen MR) is 104 cm³/mol. The zero-order valence-electron chi connectivity index (χ0n) is 15.2. The summed E-state index contributed by atoms with van der Waals surface area (Å²) in [4.78, 5) is 18.5. The van der Waals surface area contributed by atoms with E-state index in [4.69, 9.17) is 9.52 Å². The fraction of sp³-hybridized carbons (Fsp3) is 0.474. The number of thiophene rings is 1. The van der Waals surface area contributed by atoms with E-state index in [1.807, 2.05) is 29.6 Å². The zero-order chi connectivity index (χ0) is 18.6. The number of piperazine rings is 1. The molecule has 2 aromatic heterocycles. The van der Waals surface area contributed by atoms with Crippen LogP contribution < -0.4 is 0 Å². The van der Waals surface area contributed by atoms with E-state index < -0.39 is 0 Å². The van der Waals surface area contributed by atoms with Crippen molar-refractivity contribution < 1.29 is 14.3 Å². The van der Waals surface area contributed by atoms with Crippen molar-refractivity contribution in [3.63, 3.8) is 0 Å². The summed E-state index contributed by atoms with van der Waals surface area (Å²) in [5.74, 6) is 0.769. The highest BCUT2D eigenvalue weighted by Gasteiger charge is 2.35. The molecule has 1 saturated heterocycles. The van der Waals surface area contributed by atoms with Crippen molar-refractivity contribution in [2.24, 2.45) is 5.10 Å². The first kappa shape index (κ1) is 18.4. The number of furan rings is 1. The lowest BCUT2D eigenvalue weighted by Crippen LogP contribution is -2.50. The molecule has 0 spiro atoms. The first-order valence-corrected chi connectivity index (χ1v) is 10.1. The van der Waals surface area contributed by atoms with Crippen LogP contribution in [0.15, 0.2) is 45.4 Å². The molecule has 8 heteroatoms. The summed E-state index contributed by atoms with van der Waals surface area (Å²) in [6.07, 6.45) is 2.31. The van der Waals surface area contributed by atoms with Gasteiger partial charge >= 0.3 is 0 Å². The van der Waals surface area contributed by atoms with Crippen LogP contribution in [0.3, 0.4) is 0 Å². The Morgan fingerprint density at radius 3 is 2.70 bits per heavy atom. The van der Waals surface area contributed by atoms with E-state index in [9.17, 15) is 4.79 Å². The number of β-amino-alcohol motifs (C(OH)–C–C–N with tert-alkyl or cyclic N) is 1.